The minimum absolute atomic E-state index is 0.146. The van der Waals surface area contributed by atoms with Crippen molar-refractivity contribution in [2.24, 2.45) is 0 Å². The number of nitrogens with zero attached hydrogens (tertiary/aromatic N) is 4. The molecule has 1 heterocycles. The molecule has 0 aromatic carbocycles. The van der Waals surface area contributed by atoms with Crippen molar-refractivity contribution < 1.29 is 8.78 Å². The Hall–Kier alpha value is -0.850. The molecule has 7 heteroatoms. The van der Waals surface area contributed by atoms with Crippen molar-refractivity contribution in [2.75, 3.05) is 24.7 Å². The molecule has 1 aromatic heterocycles. The van der Waals surface area contributed by atoms with E-state index in [0.717, 1.165) is 11.8 Å². The summed E-state index contributed by atoms with van der Waals surface area (Å²) in [5.41, 5.74) is 0. The Morgan fingerprint density at radius 3 is 2.38 bits per heavy atom. The van der Waals surface area contributed by atoms with Crippen molar-refractivity contribution in [2.45, 2.75) is 31.5 Å². The number of anilines is 1. The van der Waals surface area contributed by atoms with E-state index < -0.39 is 6.43 Å². The lowest BCUT2D eigenvalue weighted by atomic mass is 10.4. The van der Waals surface area contributed by atoms with Gasteiger partial charge in [0.25, 0.3) is 0 Å². The smallest absolute Gasteiger partial charge is 0.248 e. The van der Waals surface area contributed by atoms with E-state index in [1.807, 2.05) is 37.4 Å². The van der Waals surface area contributed by atoms with Crippen LogP contribution in [0.2, 0.25) is 0 Å². The number of halogens is 2. The molecule has 92 valence electrons. The molecule has 0 saturated heterocycles. The van der Waals surface area contributed by atoms with E-state index in [1.165, 1.54) is 0 Å². The average molecular weight is 250 g/mol. The Bertz CT molecular complexity index is 338. The molecule has 0 saturated carbocycles. The minimum atomic E-state index is -2.33. The van der Waals surface area contributed by atoms with Crippen LogP contribution in [0.25, 0.3) is 0 Å². The first-order valence-corrected chi connectivity index (χ1v) is 5.95. The molecule has 0 aliphatic carbocycles. The lowest BCUT2D eigenvalue weighted by Crippen LogP contribution is -2.17. The summed E-state index contributed by atoms with van der Waals surface area (Å²) in [6.45, 7) is 3.95. The lowest BCUT2D eigenvalue weighted by Gasteiger charge is -2.17. The Morgan fingerprint density at radius 1 is 1.31 bits per heavy atom. The summed E-state index contributed by atoms with van der Waals surface area (Å²) >= 11 is 1.03. The van der Waals surface area contributed by atoms with Gasteiger partial charge in [-0.2, -0.15) is 0 Å². The van der Waals surface area contributed by atoms with Crippen LogP contribution >= 0.6 is 11.8 Å². The number of alkyl halides is 2. The van der Waals surface area contributed by atoms with Crippen molar-refractivity contribution in [1.29, 1.82) is 0 Å². The third-order valence-corrected chi connectivity index (χ3v) is 2.86. The van der Waals surface area contributed by atoms with Gasteiger partial charge in [-0.25, -0.2) is 8.78 Å². The van der Waals surface area contributed by atoms with E-state index >= 15 is 0 Å². The molecule has 0 fully saturated rings. The van der Waals surface area contributed by atoms with Crippen molar-refractivity contribution in [3.63, 3.8) is 0 Å². The molecule has 1 aromatic rings. The quantitative estimate of drug-likeness (QED) is 0.751. The molecule has 0 bridgehead atoms. The van der Waals surface area contributed by atoms with Crippen molar-refractivity contribution in [3.05, 3.63) is 0 Å². The highest BCUT2D eigenvalue weighted by Gasteiger charge is 2.17. The van der Waals surface area contributed by atoms with Gasteiger partial charge in [0.1, 0.15) is 0 Å². The van der Waals surface area contributed by atoms with E-state index in [9.17, 15) is 8.78 Å². The highest BCUT2D eigenvalue weighted by atomic mass is 32.2. The SMILES string of the molecule is CC(C)n1c(SCC(F)F)nnc1N(C)C. The van der Waals surface area contributed by atoms with Gasteiger partial charge in [0.2, 0.25) is 12.4 Å². The highest BCUT2D eigenvalue weighted by Crippen LogP contribution is 2.26. The number of hydrogen-bond acceptors (Lipinski definition) is 4. The van der Waals surface area contributed by atoms with Crippen LogP contribution in [-0.4, -0.2) is 41.0 Å². The molecule has 0 aliphatic rings. The maximum absolute atomic E-state index is 12.1. The second-order valence-corrected chi connectivity index (χ2v) is 4.83. The fourth-order valence-corrected chi connectivity index (χ4v) is 2.07. The second kappa shape index (κ2) is 5.47. The van der Waals surface area contributed by atoms with Crippen molar-refractivity contribution >= 4 is 17.7 Å². The molecule has 0 radical (unpaired) electrons. The lowest BCUT2D eigenvalue weighted by molar-refractivity contribution is 0.176. The molecular weight excluding hydrogens is 234 g/mol. The van der Waals surface area contributed by atoms with Crippen molar-refractivity contribution in [1.82, 2.24) is 14.8 Å². The van der Waals surface area contributed by atoms with Crippen molar-refractivity contribution in [3.8, 4) is 0 Å². The van der Waals surface area contributed by atoms with Gasteiger partial charge in [0.15, 0.2) is 5.16 Å². The molecule has 16 heavy (non-hydrogen) atoms. The number of rotatable bonds is 5. The van der Waals surface area contributed by atoms with Gasteiger partial charge in [-0.3, -0.25) is 4.57 Å². The average Bonchev–Trinajstić information content (AvgIpc) is 2.57. The highest BCUT2D eigenvalue weighted by molar-refractivity contribution is 7.99. The van der Waals surface area contributed by atoms with Crippen LogP contribution in [0.4, 0.5) is 14.7 Å². The first-order valence-electron chi connectivity index (χ1n) is 4.96. The van der Waals surface area contributed by atoms with Crippen LogP contribution in [0.1, 0.15) is 19.9 Å². The third-order valence-electron chi connectivity index (χ3n) is 1.90. The molecule has 0 atom stereocenters. The summed E-state index contributed by atoms with van der Waals surface area (Å²) in [5, 5.41) is 8.46. The predicted octanol–water partition coefficient (Wildman–Crippen LogP) is 2.28. The Labute approximate surface area is 98.0 Å². The minimum Gasteiger partial charge on any atom is -0.347 e. The summed E-state index contributed by atoms with van der Waals surface area (Å²) in [6, 6.07) is 0.146. The summed E-state index contributed by atoms with van der Waals surface area (Å²) in [5.74, 6) is 0.435. The Kier molecular flexibility index (Phi) is 4.52. The summed E-state index contributed by atoms with van der Waals surface area (Å²) < 4.78 is 26.1. The zero-order valence-corrected chi connectivity index (χ0v) is 10.6. The fourth-order valence-electron chi connectivity index (χ4n) is 1.26. The van der Waals surface area contributed by atoms with Gasteiger partial charge in [0, 0.05) is 20.1 Å². The summed E-state index contributed by atoms with van der Waals surface area (Å²) in [6.07, 6.45) is -2.33. The Balaban J connectivity index is 2.92. The van der Waals surface area contributed by atoms with E-state index in [1.54, 1.807) is 0 Å². The van der Waals surface area contributed by atoms with Crippen LogP contribution in [0.3, 0.4) is 0 Å². The van der Waals surface area contributed by atoms with Gasteiger partial charge in [-0.1, -0.05) is 11.8 Å². The standard InChI is InChI=1S/C9H16F2N4S/c1-6(2)15-8(14(3)4)12-13-9(15)16-5-7(10)11/h6-7H,5H2,1-4H3. The topological polar surface area (TPSA) is 34.0 Å². The molecule has 0 amide bonds. The molecule has 0 N–H and O–H groups in total. The monoisotopic (exact) mass is 250 g/mol. The molecule has 0 spiro atoms. The Morgan fingerprint density at radius 2 is 1.94 bits per heavy atom. The van der Waals surface area contributed by atoms with Crippen LogP contribution in [-0.2, 0) is 0 Å². The number of aromatic nitrogens is 3. The van der Waals surface area contributed by atoms with Gasteiger partial charge < -0.3 is 4.90 Å². The first-order chi connectivity index (χ1) is 7.43. The number of thioether (sulfide) groups is 1. The molecular formula is C9H16F2N4S. The van der Waals surface area contributed by atoms with Gasteiger partial charge in [-0.15, -0.1) is 10.2 Å². The summed E-state index contributed by atoms with van der Waals surface area (Å²) in [7, 11) is 3.70. The first kappa shape index (κ1) is 13.2. The zero-order valence-electron chi connectivity index (χ0n) is 9.81. The molecule has 4 nitrogen and oxygen atoms in total. The van der Waals surface area contributed by atoms with Gasteiger partial charge in [-0.05, 0) is 13.8 Å². The van der Waals surface area contributed by atoms with Gasteiger partial charge >= 0.3 is 0 Å². The summed E-state index contributed by atoms with van der Waals surface area (Å²) in [4.78, 5) is 1.82. The molecule has 0 aliphatic heterocycles. The number of hydrogen-bond donors (Lipinski definition) is 0. The third kappa shape index (κ3) is 3.07. The van der Waals surface area contributed by atoms with Crippen LogP contribution < -0.4 is 4.90 Å². The predicted molar refractivity (Wildman–Crippen MR) is 61.5 cm³/mol. The fraction of sp³-hybridized carbons (Fsp3) is 0.778. The molecule has 0 unspecified atom stereocenters. The van der Waals surface area contributed by atoms with Crippen LogP contribution in [0.15, 0.2) is 5.16 Å². The van der Waals surface area contributed by atoms with Crippen LogP contribution in [0, 0.1) is 0 Å². The van der Waals surface area contributed by atoms with Crippen LogP contribution in [0.5, 0.6) is 0 Å². The van der Waals surface area contributed by atoms with E-state index in [0.29, 0.717) is 11.1 Å². The van der Waals surface area contributed by atoms with Gasteiger partial charge in [0.05, 0.1) is 5.75 Å². The van der Waals surface area contributed by atoms with E-state index in [-0.39, 0.29) is 11.8 Å². The zero-order chi connectivity index (χ0) is 12.3. The maximum atomic E-state index is 12.1. The molecule has 1 rings (SSSR count). The maximum Gasteiger partial charge on any atom is 0.248 e. The van der Waals surface area contributed by atoms with E-state index in [2.05, 4.69) is 10.2 Å². The normalized spacial score (nSPS) is 11.5. The second-order valence-electron chi connectivity index (χ2n) is 3.84. The largest absolute Gasteiger partial charge is 0.347 e. The van der Waals surface area contributed by atoms with E-state index in [4.69, 9.17) is 0 Å².